The number of anilines is 1. The van der Waals surface area contributed by atoms with E-state index in [4.69, 9.17) is 15.2 Å². The molecule has 2 aromatic rings. The average Bonchev–Trinajstić information content (AvgIpc) is 2.58. The molecule has 0 fully saturated rings. The van der Waals surface area contributed by atoms with Gasteiger partial charge in [-0.1, -0.05) is 13.0 Å². The molecule has 2 unspecified atom stereocenters. The van der Waals surface area contributed by atoms with Gasteiger partial charge in [0.1, 0.15) is 23.9 Å². The molecule has 6 nitrogen and oxygen atoms in total. The summed E-state index contributed by atoms with van der Waals surface area (Å²) < 4.78 is 11.7. The van der Waals surface area contributed by atoms with E-state index < -0.39 is 0 Å². The third-order valence-corrected chi connectivity index (χ3v) is 4.23. The second-order valence-electron chi connectivity index (χ2n) is 6.98. The van der Waals surface area contributed by atoms with Crippen LogP contribution in [0.5, 0.6) is 11.5 Å². The van der Waals surface area contributed by atoms with Gasteiger partial charge in [0.25, 0.3) is 0 Å². The molecule has 0 spiro atoms. The van der Waals surface area contributed by atoms with Gasteiger partial charge in [0.05, 0.1) is 12.8 Å². The van der Waals surface area contributed by atoms with Gasteiger partial charge in [-0.15, -0.1) is 0 Å². The molecule has 0 saturated carbocycles. The number of ether oxygens (including phenoxy) is 2. The maximum Gasteiger partial charge on any atom is 0.222 e. The van der Waals surface area contributed by atoms with Crippen molar-refractivity contribution in [1.29, 1.82) is 0 Å². The molecule has 3 rings (SSSR count). The zero-order chi connectivity index (χ0) is 18.7. The van der Waals surface area contributed by atoms with Gasteiger partial charge in [0.2, 0.25) is 5.91 Å². The highest BCUT2D eigenvalue weighted by Crippen LogP contribution is 2.39. The molecule has 1 aliphatic heterocycles. The summed E-state index contributed by atoms with van der Waals surface area (Å²) in [6, 6.07) is 8.01. The fraction of sp³-hybridized carbons (Fsp3) is 0.400. The molecule has 138 valence electrons. The zero-order valence-electron chi connectivity index (χ0n) is 15.4. The summed E-state index contributed by atoms with van der Waals surface area (Å²) in [6.45, 7) is 6.71. The van der Waals surface area contributed by atoms with E-state index in [9.17, 15) is 4.79 Å². The van der Waals surface area contributed by atoms with Gasteiger partial charge in [-0.05, 0) is 43.0 Å². The van der Waals surface area contributed by atoms with E-state index in [1.54, 1.807) is 6.20 Å². The Labute approximate surface area is 153 Å². The Kier molecular flexibility index (Phi) is 5.42. The molecular weight excluding hydrogens is 330 g/mol. The lowest BCUT2D eigenvalue weighted by Gasteiger charge is -2.22. The molecule has 0 aliphatic carbocycles. The third kappa shape index (κ3) is 4.32. The number of rotatable bonds is 6. The van der Waals surface area contributed by atoms with Crippen molar-refractivity contribution in [3.8, 4) is 22.6 Å². The maximum absolute atomic E-state index is 11.3. The minimum absolute atomic E-state index is 0.154. The molecule has 1 aromatic carbocycles. The fourth-order valence-electron chi connectivity index (χ4n) is 3.16. The van der Waals surface area contributed by atoms with Crippen LogP contribution in [0.15, 0.2) is 30.5 Å². The first-order valence-electron chi connectivity index (χ1n) is 8.84. The lowest BCUT2D eigenvalue weighted by molar-refractivity contribution is -0.114. The summed E-state index contributed by atoms with van der Waals surface area (Å²) in [6.07, 6.45) is 2.57. The Morgan fingerprint density at radius 2 is 2.15 bits per heavy atom. The van der Waals surface area contributed by atoms with Crippen LogP contribution in [0.4, 0.5) is 5.82 Å². The number of hydrogen-bond donors (Lipinski definition) is 2. The minimum Gasteiger partial charge on any atom is -0.493 e. The molecule has 0 saturated heterocycles. The Morgan fingerprint density at radius 3 is 2.88 bits per heavy atom. The highest BCUT2D eigenvalue weighted by atomic mass is 16.5. The van der Waals surface area contributed by atoms with Crippen molar-refractivity contribution in [3.05, 3.63) is 36.0 Å². The van der Waals surface area contributed by atoms with E-state index >= 15 is 0 Å². The second kappa shape index (κ2) is 7.74. The van der Waals surface area contributed by atoms with E-state index in [0.29, 0.717) is 30.7 Å². The SMILES string of the molecule is CC(=O)Nc1cc2c(cn1)OCc1cc(OCC(C)CC(C)N)ccc1-2. The standard InChI is InChI=1S/C20H25N3O3/c1-12(6-13(2)21)10-25-16-4-5-17-15(7-16)11-26-19-9-22-20(8-18(17)19)23-14(3)24/h4-5,7-9,12-13H,6,10-11,21H2,1-3H3,(H,22,23,24). The van der Waals surface area contributed by atoms with Gasteiger partial charge in [0.15, 0.2) is 0 Å². The van der Waals surface area contributed by atoms with Gasteiger partial charge >= 0.3 is 0 Å². The third-order valence-electron chi connectivity index (χ3n) is 4.23. The quantitative estimate of drug-likeness (QED) is 0.830. The first-order chi connectivity index (χ1) is 12.4. The van der Waals surface area contributed by atoms with E-state index in [2.05, 4.69) is 17.2 Å². The predicted molar refractivity (Wildman–Crippen MR) is 101 cm³/mol. The van der Waals surface area contributed by atoms with Crippen molar-refractivity contribution in [2.24, 2.45) is 11.7 Å². The average molecular weight is 355 g/mol. The predicted octanol–water partition coefficient (Wildman–Crippen LogP) is 3.35. The molecule has 6 heteroatoms. The number of amides is 1. The van der Waals surface area contributed by atoms with E-state index in [-0.39, 0.29) is 11.9 Å². The topological polar surface area (TPSA) is 86.5 Å². The summed E-state index contributed by atoms with van der Waals surface area (Å²) in [5.41, 5.74) is 8.87. The maximum atomic E-state index is 11.3. The summed E-state index contributed by atoms with van der Waals surface area (Å²) in [5.74, 6) is 2.29. The first-order valence-corrected chi connectivity index (χ1v) is 8.84. The molecule has 1 amide bonds. The van der Waals surface area contributed by atoms with Crippen LogP contribution in [0.1, 0.15) is 32.8 Å². The van der Waals surface area contributed by atoms with E-state index in [0.717, 1.165) is 28.9 Å². The Balaban J connectivity index is 1.78. The number of aromatic nitrogens is 1. The number of hydrogen-bond acceptors (Lipinski definition) is 5. The Bertz CT molecular complexity index is 805. The van der Waals surface area contributed by atoms with Crippen LogP contribution >= 0.6 is 0 Å². The number of pyridine rings is 1. The zero-order valence-corrected chi connectivity index (χ0v) is 15.4. The number of nitrogens with two attached hydrogens (primary N) is 1. The summed E-state index contributed by atoms with van der Waals surface area (Å²) in [4.78, 5) is 15.5. The van der Waals surface area contributed by atoms with Gasteiger partial charge in [-0.3, -0.25) is 4.79 Å². The number of fused-ring (bicyclic) bond motifs is 3. The molecular formula is C20H25N3O3. The van der Waals surface area contributed by atoms with Crippen LogP contribution in [-0.2, 0) is 11.4 Å². The second-order valence-corrected chi connectivity index (χ2v) is 6.98. The number of nitrogens with one attached hydrogen (secondary N) is 1. The smallest absolute Gasteiger partial charge is 0.222 e. The van der Waals surface area contributed by atoms with Crippen LogP contribution < -0.4 is 20.5 Å². The molecule has 0 bridgehead atoms. The largest absolute Gasteiger partial charge is 0.493 e. The van der Waals surface area contributed by atoms with Crippen molar-refractivity contribution in [2.45, 2.75) is 39.8 Å². The molecule has 3 N–H and O–H groups in total. The van der Waals surface area contributed by atoms with Gasteiger partial charge in [-0.2, -0.15) is 0 Å². The van der Waals surface area contributed by atoms with Gasteiger partial charge < -0.3 is 20.5 Å². The monoisotopic (exact) mass is 355 g/mol. The van der Waals surface area contributed by atoms with E-state index in [1.807, 2.05) is 31.2 Å². The van der Waals surface area contributed by atoms with Crippen molar-refractivity contribution in [2.75, 3.05) is 11.9 Å². The Morgan fingerprint density at radius 1 is 1.35 bits per heavy atom. The summed E-state index contributed by atoms with van der Waals surface area (Å²) >= 11 is 0. The lowest BCUT2D eigenvalue weighted by Crippen LogP contribution is -2.21. The lowest BCUT2D eigenvalue weighted by atomic mass is 9.97. The Hall–Kier alpha value is -2.60. The van der Waals surface area contributed by atoms with Crippen molar-refractivity contribution < 1.29 is 14.3 Å². The summed E-state index contributed by atoms with van der Waals surface area (Å²) in [7, 11) is 0. The molecule has 2 atom stereocenters. The van der Waals surface area contributed by atoms with Crippen molar-refractivity contribution in [3.63, 3.8) is 0 Å². The molecule has 0 radical (unpaired) electrons. The highest BCUT2D eigenvalue weighted by molar-refractivity contribution is 5.89. The van der Waals surface area contributed by atoms with Crippen molar-refractivity contribution in [1.82, 2.24) is 4.98 Å². The molecule has 1 aromatic heterocycles. The van der Waals surface area contributed by atoms with Gasteiger partial charge in [0, 0.05) is 24.1 Å². The number of benzene rings is 1. The molecule has 2 heterocycles. The minimum atomic E-state index is -0.154. The molecule has 1 aliphatic rings. The van der Waals surface area contributed by atoms with Crippen LogP contribution in [0, 0.1) is 5.92 Å². The van der Waals surface area contributed by atoms with Crippen LogP contribution in [0.25, 0.3) is 11.1 Å². The number of nitrogens with zero attached hydrogens (tertiary/aromatic N) is 1. The normalized spacial score (nSPS) is 14.5. The molecule has 26 heavy (non-hydrogen) atoms. The highest BCUT2D eigenvalue weighted by Gasteiger charge is 2.19. The first kappa shape index (κ1) is 18.2. The van der Waals surface area contributed by atoms with Crippen LogP contribution in [0.2, 0.25) is 0 Å². The van der Waals surface area contributed by atoms with Crippen molar-refractivity contribution >= 4 is 11.7 Å². The van der Waals surface area contributed by atoms with Crippen LogP contribution in [0.3, 0.4) is 0 Å². The summed E-state index contributed by atoms with van der Waals surface area (Å²) in [5, 5.41) is 2.70. The van der Waals surface area contributed by atoms with Crippen LogP contribution in [-0.4, -0.2) is 23.5 Å². The van der Waals surface area contributed by atoms with E-state index in [1.165, 1.54) is 6.92 Å². The fourth-order valence-corrected chi connectivity index (χ4v) is 3.16. The number of carbonyl (C=O) groups excluding carboxylic acids is 1. The number of carbonyl (C=O) groups is 1. The van der Waals surface area contributed by atoms with Gasteiger partial charge in [-0.25, -0.2) is 4.98 Å².